The summed E-state index contributed by atoms with van der Waals surface area (Å²) in [5.41, 5.74) is 0.367. The van der Waals surface area contributed by atoms with Gasteiger partial charge < -0.3 is 9.88 Å². The number of nitrogens with one attached hydrogen (secondary N) is 1. The van der Waals surface area contributed by atoms with Crippen molar-refractivity contribution in [3.8, 4) is 11.4 Å². The summed E-state index contributed by atoms with van der Waals surface area (Å²) in [4.78, 5) is 15.4. The summed E-state index contributed by atoms with van der Waals surface area (Å²) in [6, 6.07) is 4.46. The average Bonchev–Trinajstić information content (AvgIpc) is 3.02. The molecule has 0 saturated carbocycles. The molecular weight excluding hydrogens is 281 g/mol. The first-order chi connectivity index (χ1) is 9.63. The molecule has 1 aliphatic heterocycles. The Morgan fingerprint density at radius 2 is 2.35 bits per heavy atom. The first-order valence-corrected chi connectivity index (χ1v) is 6.77. The zero-order chi connectivity index (χ0) is 14.1. The van der Waals surface area contributed by atoms with Crippen molar-refractivity contribution in [1.82, 2.24) is 14.9 Å². The Hall–Kier alpha value is -1.88. The van der Waals surface area contributed by atoms with Crippen molar-refractivity contribution in [1.29, 1.82) is 0 Å². The number of rotatable bonds is 3. The number of halogens is 2. The summed E-state index contributed by atoms with van der Waals surface area (Å²) in [5.74, 6) is 0.217. The summed E-state index contributed by atoms with van der Waals surface area (Å²) >= 11 is 5.91. The van der Waals surface area contributed by atoms with E-state index in [0.717, 1.165) is 6.42 Å². The van der Waals surface area contributed by atoms with E-state index in [0.29, 0.717) is 29.4 Å². The summed E-state index contributed by atoms with van der Waals surface area (Å²) in [6.45, 7) is 0.576. The summed E-state index contributed by atoms with van der Waals surface area (Å²) < 4.78 is 15.7. The van der Waals surface area contributed by atoms with Crippen LogP contribution in [0.15, 0.2) is 30.6 Å². The van der Waals surface area contributed by atoms with Crippen molar-refractivity contribution >= 4 is 17.5 Å². The highest BCUT2D eigenvalue weighted by molar-refractivity contribution is 6.30. The molecule has 1 aromatic heterocycles. The molecule has 1 saturated heterocycles. The minimum atomic E-state index is -0.364. The molecule has 104 valence electrons. The third-order valence-corrected chi connectivity index (χ3v) is 3.62. The average molecular weight is 294 g/mol. The van der Waals surface area contributed by atoms with Crippen LogP contribution in [0.25, 0.3) is 11.4 Å². The van der Waals surface area contributed by atoms with Crippen LogP contribution in [0.1, 0.15) is 12.8 Å². The van der Waals surface area contributed by atoms with Gasteiger partial charge in [-0.05, 0) is 24.6 Å². The first kappa shape index (κ1) is 13.1. The van der Waals surface area contributed by atoms with E-state index in [1.807, 2.05) is 4.57 Å². The Morgan fingerprint density at radius 1 is 1.50 bits per heavy atom. The Morgan fingerprint density at radius 3 is 3.10 bits per heavy atom. The number of hydrogen-bond donors (Lipinski definition) is 1. The number of carbonyl (C=O) groups is 1. The quantitative estimate of drug-likeness (QED) is 0.945. The van der Waals surface area contributed by atoms with Crippen LogP contribution in [0, 0.1) is 5.82 Å². The maximum Gasteiger partial charge on any atom is 0.220 e. The molecule has 0 spiro atoms. The second-order valence-electron chi connectivity index (χ2n) is 4.83. The first-order valence-electron chi connectivity index (χ1n) is 6.39. The van der Waals surface area contributed by atoms with Gasteiger partial charge in [0.1, 0.15) is 11.6 Å². The fraction of sp³-hybridized carbons (Fsp3) is 0.286. The van der Waals surface area contributed by atoms with E-state index < -0.39 is 0 Å². The second-order valence-corrected chi connectivity index (χ2v) is 5.27. The number of benzene rings is 1. The van der Waals surface area contributed by atoms with E-state index in [4.69, 9.17) is 11.6 Å². The van der Waals surface area contributed by atoms with Gasteiger partial charge in [-0.25, -0.2) is 9.37 Å². The molecule has 20 heavy (non-hydrogen) atoms. The second kappa shape index (κ2) is 5.25. The lowest BCUT2D eigenvalue weighted by Gasteiger charge is -2.14. The van der Waals surface area contributed by atoms with Gasteiger partial charge >= 0.3 is 0 Å². The van der Waals surface area contributed by atoms with Crippen LogP contribution in [0.2, 0.25) is 5.02 Å². The smallest absolute Gasteiger partial charge is 0.220 e. The van der Waals surface area contributed by atoms with Gasteiger partial charge in [-0.1, -0.05) is 11.6 Å². The molecule has 1 aromatic carbocycles. The van der Waals surface area contributed by atoms with Crippen LogP contribution in [-0.2, 0) is 11.3 Å². The molecule has 1 amide bonds. The predicted octanol–water partition coefficient (Wildman–Crippen LogP) is 2.62. The maximum atomic E-state index is 13.9. The standard InChI is InChI=1S/C14H13ClFN3O/c15-9-1-3-12(16)11(7-9)14-17-5-6-19(14)8-10-2-4-13(20)18-10/h1,3,5-7,10H,2,4,8H2,(H,18,20). The third-order valence-electron chi connectivity index (χ3n) is 3.39. The summed E-state index contributed by atoms with van der Waals surface area (Å²) in [6.07, 6.45) is 4.72. The minimum Gasteiger partial charge on any atom is -0.352 e. The molecule has 0 radical (unpaired) electrons. The third kappa shape index (κ3) is 2.54. The van der Waals surface area contributed by atoms with E-state index in [1.165, 1.54) is 12.1 Å². The Bertz CT molecular complexity index is 656. The van der Waals surface area contributed by atoms with E-state index in [1.54, 1.807) is 18.5 Å². The van der Waals surface area contributed by atoms with Gasteiger partial charge in [0.15, 0.2) is 0 Å². The molecule has 1 fully saturated rings. The number of hydrogen-bond acceptors (Lipinski definition) is 2. The highest BCUT2D eigenvalue weighted by atomic mass is 35.5. The zero-order valence-corrected chi connectivity index (χ0v) is 11.4. The van der Waals surface area contributed by atoms with Crippen molar-refractivity contribution in [3.05, 3.63) is 41.4 Å². The molecule has 1 unspecified atom stereocenters. The molecule has 2 heterocycles. The molecular formula is C14H13ClFN3O. The fourth-order valence-corrected chi connectivity index (χ4v) is 2.59. The van der Waals surface area contributed by atoms with E-state index in [9.17, 15) is 9.18 Å². The van der Waals surface area contributed by atoms with Gasteiger partial charge in [-0.15, -0.1) is 0 Å². The van der Waals surface area contributed by atoms with Crippen molar-refractivity contribution in [2.24, 2.45) is 0 Å². The monoisotopic (exact) mass is 293 g/mol. The Labute approximate surface area is 120 Å². The molecule has 0 aliphatic carbocycles. The van der Waals surface area contributed by atoms with Gasteiger partial charge in [0.05, 0.1) is 5.56 Å². The SMILES string of the molecule is O=C1CCC(Cn2ccnc2-c2cc(Cl)ccc2F)N1. The van der Waals surface area contributed by atoms with Crippen molar-refractivity contribution in [2.45, 2.75) is 25.4 Å². The Balaban J connectivity index is 1.90. The van der Waals surface area contributed by atoms with Crippen LogP contribution >= 0.6 is 11.6 Å². The normalized spacial score (nSPS) is 18.3. The van der Waals surface area contributed by atoms with Crippen LogP contribution in [0.4, 0.5) is 4.39 Å². The van der Waals surface area contributed by atoms with Crippen LogP contribution in [0.5, 0.6) is 0 Å². The molecule has 1 atom stereocenters. The Kier molecular flexibility index (Phi) is 3.44. The molecule has 0 bridgehead atoms. The molecule has 4 nitrogen and oxygen atoms in total. The summed E-state index contributed by atoms with van der Waals surface area (Å²) in [7, 11) is 0. The lowest BCUT2D eigenvalue weighted by atomic mass is 10.2. The molecule has 2 aromatic rings. The van der Waals surface area contributed by atoms with Gasteiger partial charge in [-0.2, -0.15) is 0 Å². The van der Waals surface area contributed by atoms with Crippen LogP contribution in [0.3, 0.4) is 0 Å². The fourth-order valence-electron chi connectivity index (χ4n) is 2.42. The van der Waals surface area contributed by atoms with Crippen molar-refractivity contribution in [3.63, 3.8) is 0 Å². The van der Waals surface area contributed by atoms with Gasteiger partial charge in [0, 0.05) is 36.4 Å². The van der Waals surface area contributed by atoms with Crippen molar-refractivity contribution < 1.29 is 9.18 Å². The van der Waals surface area contributed by atoms with E-state index in [2.05, 4.69) is 10.3 Å². The number of aromatic nitrogens is 2. The largest absolute Gasteiger partial charge is 0.352 e. The van der Waals surface area contributed by atoms with Crippen molar-refractivity contribution in [2.75, 3.05) is 0 Å². The number of imidazole rings is 1. The van der Waals surface area contributed by atoms with Crippen LogP contribution in [-0.4, -0.2) is 21.5 Å². The van der Waals surface area contributed by atoms with Gasteiger partial charge in [-0.3, -0.25) is 4.79 Å². The van der Waals surface area contributed by atoms with Gasteiger partial charge in [0.2, 0.25) is 5.91 Å². The van der Waals surface area contributed by atoms with E-state index >= 15 is 0 Å². The number of carbonyl (C=O) groups excluding carboxylic acids is 1. The highest BCUT2D eigenvalue weighted by Crippen LogP contribution is 2.25. The highest BCUT2D eigenvalue weighted by Gasteiger charge is 2.22. The molecule has 3 rings (SSSR count). The van der Waals surface area contributed by atoms with Gasteiger partial charge in [0.25, 0.3) is 0 Å². The molecule has 1 N–H and O–H groups in total. The summed E-state index contributed by atoms with van der Waals surface area (Å²) in [5, 5.41) is 3.35. The predicted molar refractivity (Wildman–Crippen MR) is 73.8 cm³/mol. The lowest BCUT2D eigenvalue weighted by Crippen LogP contribution is -2.29. The topological polar surface area (TPSA) is 46.9 Å². The lowest BCUT2D eigenvalue weighted by molar-refractivity contribution is -0.119. The van der Waals surface area contributed by atoms with E-state index in [-0.39, 0.29) is 17.8 Å². The zero-order valence-electron chi connectivity index (χ0n) is 10.6. The van der Waals surface area contributed by atoms with Crippen LogP contribution < -0.4 is 5.32 Å². The number of amides is 1. The molecule has 6 heteroatoms. The molecule has 1 aliphatic rings. The minimum absolute atomic E-state index is 0.0607. The maximum absolute atomic E-state index is 13.9. The number of nitrogens with zero attached hydrogens (tertiary/aromatic N) is 2.